The summed E-state index contributed by atoms with van der Waals surface area (Å²) in [4.78, 5) is 13.1. The third-order valence-electron chi connectivity index (χ3n) is 4.28. The number of benzene rings is 2. The van der Waals surface area contributed by atoms with E-state index in [1.165, 1.54) is 0 Å². The van der Waals surface area contributed by atoms with Gasteiger partial charge in [0.2, 0.25) is 5.91 Å². The summed E-state index contributed by atoms with van der Waals surface area (Å²) in [5.41, 5.74) is 1.39. The molecule has 9 nitrogen and oxygen atoms in total. The molecule has 1 N–H and O–H groups in total. The summed E-state index contributed by atoms with van der Waals surface area (Å²) >= 11 is 0. The van der Waals surface area contributed by atoms with Crippen molar-refractivity contribution in [2.45, 2.75) is 19.3 Å². The third-order valence-corrected chi connectivity index (χ3v) is 4.28. The number of nitrogens with zero attached hydrogens (tertiary/aromatic N) is 4. The zero-order valence-electron chi connectivity index (χ0n) is 16.5. The van der Waals surface area contributed by atoms with Crippen LogP contribution in [0.3, 0.4) is 0 Å². The minimum Gasteiger partial charge on any atom is -0.494 e. The van der Waals surface area contributed by atoms with Crippen LogP contribution < -0.4 is 24.6 Å². The van der Waals surface area contributed by atoms with Crippen molar-refractivity contribution in [3.8, 4) is 17.2 Å². The normalized spacial score (nSPS) is 11.6. The Morgan fingerprint density at radius 1 is 1.17 bits per heavy atom. The number of aromatic nitrogens is 4. The van der Waals surface area contributed by atoms with Crippen LogP contribution in [0, 0.1) is 0 Å². The Morgan fingerprint density at radius 2 is 2.00 bits per heavy atom. The van der Waals surface area contributed by atoms with Crippen molar-refractivity contribution in [3.63, 3.8) is 0 Å². The van der Waals surface area contributed by atoms with Crippen molar-refractivity contribution in [2.24, 2.45) is 0 Å². The molecule has 152 valence electrons. The molecule has 1 atom stereocenters. The molecule has 0 saturated carbocycles. The van der Waals surface area contributed by atoms with Gasteiger partial charge < -0.3 is 24.6 Å². The molecule has 0 aliphatic rings. The second-order valence-electron chi connectivity index (χ2n) is 6.10. The number of amides is 1. The fourth-order valence-electron chi connectivity index (χ4n) is 2.99. The van der Waals surface area contributed by atoms with Gasteiger partial charge in [0.05, 0.1) is 26.7 Å². The molecule has 0 saturated heterocycles. The number of hydrogen-bond acceptors (Lipinski definition) is 7. The first-order valence-corrected chi connectivity index (χ1v) is 9.08. The molecule has 0 bridgehead atoms. The summed E-state index contributed by atoms with van der Waals surface area (Å²) in [6, 6.07) is 12.7. The highest BCUT2D eigenvalue weighted by Crippen LogP contribution is 2.34. The smallest absolute Gasteiger partial charge is 0.232 e. The SMILES string of the molecule is CCOc1cccc(NC(=O)[C@H](Cc2cccc(OC)c2OC)c2nnn[n-]2)c1. The van der Waals surface area contributed by atoms with Crippen LogP contribution in [0.2, 0.25) is 0 Å². The lowest BCUT2D eigenvalue weighted by Crippen LogP contribution is -2.24. The molecule has 1 aromatic heterocycles. The van der Waals surface area contributed by atoms with Crippen LogP contribution in [0.4, 0.5) is 5.69 Å². The van der Waals surface area contributed by atoms with Crippen LogP contribution in [0.15, 0.2) is 42.5 Å². The molecule has 1 heterocycles. The molecule has 0 aliphatic heterocycles. The molecule has 0 spiro atoms. The molecular weight excluding hydrogens is 374 g/mol. The lowest BCUT2D eigenvalue weighted by molar-refractivity contribution is -0.117. The van der Waals surface area contributed by atoms with E-state index in [2.05, 4.69) is 25.9 Å². The molecular formula is C20H22N5O4-. The molecule has 3 aromatic rings. The summed E-state index contributed by atoms with van der Waals surface area (Å²) in [6.07, 6.45) is 0.282. The Labute approximate surface area is 168 Å². The van der Waals surface area contributed by atoms with Gasteiger partial charge in [-0.3, -0.25) is 15.1 Å². The molecule has 0 aliphatic carbocycles. The number of tetrazole rings is 1. The van der Waals surface area contributed by atoms with Crippen LogP contribution >= 0.6 is 0 Å². The van der Waals surface area contributed by atoms with Gasteiger partial charge in [-0.25, -0.2) is 0 Å². The molecule has 29 heavy (non-hydrogen) atoms. The fourth-order valence-corrected chi connectivity index (χ4v) is 2.99. The molecule has 9 heteroatoms. The van der Waals surface area contributed by atoms with Crippen LogP contribution in [0.25, 0.3) is 0 Å². The van der Waals surface area contributed by atoms with E-state index in [4.69, 9.17) is 14.2 Å². The molecule has 1 amide bonds. The van der Waals surface area contributed by atoms with Gasteiger partial charge in [-0.15, -0.1) is 0 Å². The van der Waals surface area contributed by atoms with Crippen molar-refractivity contribution in [3.05, 3.63) is 53.9 Å². The maximum absolute atomic E-state index is 13.1. The monoisotopic (exact) mass is 396 g/mol. The topological polar surface area (TPSA) is 110 Å². The highest BCUT2D eigenvalue weighted by molar-refractivity contribution is 5.95. The number of ether oxygens (including phenoxy) is 3. The Hall–Kier alpha value is -3.62. The van der Waals surface area contributed by atoms with Gasteiger partial charge in [0.1, 0.15) is 5.75 Å². The van der Waals surface area contributed by atoms with Crippen molar-refractivity contribution >= 4 is 11.6 Å². The van der Waals surface area contributed by atoms with Gasteiger partial charge in [-0.05, 0) is 37.1 Å². The standard InChI is InChI=1S/C20H23N5O4/c1-4-29-15-9-6-8-14(12-15)21-20(26)16(19-22-24-25-23-19)11-13-7-5-10-17(27-2)18(13)28-3/h5-10,12,16H,4,11H2,1-3H3,(H2,21,22,23,24,25,26)/p-1/t16-/m1/s1. The lowest BCUT2D eigenvalue weighted by atomic mass is 9.96. The summed E-state index contributed by atoms with van der Waals surface area (Å²) in [6.45, 7) is 2.43. The van der Waals surface area contributed by atoms with Gasteiger partial charge in [0.25, 0.3) is 0 Å². The third kappa shape index (κ3) is 4.81. The van der Waals surface area contributed by atoms with Gasteiger partial charge in [0.15, 0.2) is 11.5 Å². The van der Waals surface area contributed by atoms with E-state index in [0.29, 0.717) is 29.5 Å². The molecule has 0 unspecified atom stereocenters. The van der Waals surface area contributed by atoms with Crippen LogP contribution in [0.5, 0.6) is 17.2 Å². The number of anilines is 1. The van der Waals surface area contributed by atoms with E-state index in [1.54, 1.807) is 32.4 Å². The van der Waals surface area contributed by atoms with Gasteiger partial charge in [-0.2, -0.15) is 5.21 Å². The number of para-hydroxylation sites is 1. The molecule has 3 rings (SSSR count). The predicted octanol–water partition coefficient (Wildman–Crippen LogP) is 2.21. The van der Waals surface area contributed by atoms with Gasteiger partial charge >= 0.3 is 0 Å². The summed E-state index contributed by atoms with van der Waals surface area (Å²) < 4.78 is 16.3. The van der Waals surface area contributed by atoms with E-state index in [-0.39, 0.29) is 18.2 Å². The van der Waals surface area contributed by atoms with Gasteiger partial charge in [0, 0.05) is 17.6 Å². The van der Waals surface area contributed by atoms with Crippen molar-refractivity contribution in [2.75, 3.05) is 26.1 Å². The number of carbonyl (C=O) groups excluding carboxylic acids is 1. The first-order chi connectivity index (χ1) is 14.2. The first kappa shape index (κ1) is 20.1. The number of nitrogens with one attached hydrogen (secondary N) is 1. The Kier molecular flexibility index (Phi) is 6.62. The number of rotatable bonds is 9. The van der Waals surface area contributed by atoms with E-state index in [1.807, 2.05) is 31.2 Å². The fraction of sp³-hybridized carbons (Fsp3) is 0.300. The molecule has 2 aromatic carbocycles. The number of hydrogen-bond donors (Lipinski definition) is 1. The summed E-state index contributed by atoms with van der Waals surface area (Å²) in [5, 5.41) is 17.7. The Morgan fingerprint density at radius 3 is 2.69 bits per heavy atom. The number of carbonyl (C=O) groups is 1. The second-order valence-corrected chi connectivity index (χ2v) is 6.10. The highest BCUT2D eigenvalue weighted by Gasteiger charge is 2.24. The average Bonchev–Trinajstić information content (AvgIpc) is 3.26. The zero-order valence-corrected chi connectivity index (χ0v) is 16.5. The van der Waals surface area contributed by atoms with E-state index in [0.717, 1.165) is 5.56 Å². The van der Waals surface area contributed by atoms with E-state index < -0.39 is 5.92 Å². The van der Waals surface area contributed by atoms with Crippen molar-refractivity contribution in [1.29, 1.82) is 0 Å². The minimum absolute atomic E-state index is 0.230. The molecule has 0 radical (unpaired) electrons. The van der Waals surface area contributed by atoms with Gasteiger partial charge in [-0.1, -0.05) is 18.2 Å². The maximum Gasteiger partial charge on any atom is 0.232 e. The van der Waals surface area contributed by atoms with Crippen molar-refractivity contribution < 1.29 is 19.0 Å². The minimum atomic E-state index is -0.721. The number of methoxy groups -OCH3 is 2. The summed E-state index contributed by atoms with van der Waals surface area (Å²) in [7, 11) is 3.11. The maximum atomic E-state index is 13.1. The van der Waals surface area contributed by atoms with Crippen LogP contribution in [-0.4, -0.2) is 42.3 Å². The first-order valence-electron chi connectivity index (χ1n) is 9.08. The average molecular weight is 396 g/mol. The van der Waals surface area contributed by atoms with E-state index in [9.17, 15) is 4.79 Å². The largest absolute Gasteiger partial charge is 0.494 e. The lowest BCUT2D eigenvalue weighted by Gasteiger charge is -2.19. The quantitative estimate of drug-likeness (QED) is 0.586. The predicted molar refractivity (Wildman–Crippen MR) is 105 cm³/mol. The Balaban J connectivity index is 1.87. The van der Waals surface area contributed by atoms with Crippen LogP contribution in [-0.2, 0) is 11.2 Å². The van der Waals surface area contributed by atoms with Crippen molar-refractivity contribution in [1.82, 2.24) is 20.6 Å². The highest BCUT2D eigenvalue weighted by atomic mass is 16.5. The molecule has 0 fully saturated rings. The van der Waals surface area contributed by atoms with Crippen LogP contribution in [0.1, 0.15) is 24.2 Å². The Bertz CT molecular complexity index is 946. The summed E-state index contributed by atoms with van der Waals surface area (Å²) in [5.74, 6) is 1.02. The van der Waals surface area contributed by atoms with E-state index >= 15 is 0 Å². The zero-order chi connectivity index (χ0) is 20.6. The second kappa shape index (κ2) is 9.54.